The van der Waals surface area contributed by atoms with Crippen LogP contribution >= 0.6 is 0 Å². The summed E-state index contributed by atoms with van der Waals surface area (Å²) in [7, 11) is 0. The van der Waals surface area contributed by atoms with Crippen LogP contribution in [0.5, 0.6) is 0 Å². The predicted octanol–water partition coefficient (Wildman–Crippen LogP) is 2.55. The van der Waals surface area contributed by atoms with E-state index >= 15 is 0 Å². The Bertz CT molecular complexity index is 689. The van der Waals surface area contributed by atoms with Gasteiger partial charge in [0.15, 0.2) is 5.76 Å². The summed E-state index contributed by atoms with van der Waals surface area (Å²) < 4.78 is 7.11. The molecule has 0 N–H and O–H groups in total. The molecule has 3 rings (SSSR count). The van der Waals surface area contributed by atoms with Gasteiger partial charge in [0.25, 0.3) is 0 Å². The minimum absolute atomic E-state index is 0.623. The summed E-state index contributed by atoms with van der Waals surface area (Å²) in [6, 6.07) is 11.7. The van der Waals surface area contributed by atoms with Gasteiger partial charge in [-0.05, 0) is 23.6 Å². The fourth-order valence-corrected chi connectivity index (χ4v) is 1.88. The van der Waals surface area contributed by atoms with Crippen LogP contribution in [0.25, 0.3) is 10.9 Å². The first-order chi connectivity index (χ1) is 8.36. The van der Waals surface area contributed by atoms with Gasteiger partial charge in [-0.1, -0.05) is 11.2 Å². The van der Waals surface area contributed by atoms with E-state index in [9.17, 15) is 0 Å². The van der Waals surface area contributed by atoms with E-state index in [1.807, 2.05) is 41.1 Å². The highest BCUT2D eigenvalue weighted by Crippen LogP contribution is 2.18. The Hall–Kier alpha value is -2.54. The van der Waals surface area contributed by atoms with E-state index in [1.54, 1.807) is 6.20 Å². The highest BCUT2D eigenvalue weighted by molar-refractivity contribution is 5.81. The Morgan fingerprint density at radius 3 is 3.00 bits per heavy atom. The number of hydrogen-bond acceptors (Lipinski definition) is 3. The zero-order valence-electron chi connectivity index (χ0n) is 9.00. The third-order valence-corrected chi connectivity index (χ3v) is 2.72. The molecule has 4 heteroatoms. The normalized spacial score (nSPS) is 10.5. The van der Waals surface area contributed by atoms with Crippen molar-refractivity contribution >= 4 is 10.9 Å². The molecular weight excluding hydrogens is 214 g/mol. The molecule has 0 unspecified atom stereocenters. The average molecular weight is 223 g/mol. The van der Waals surface area contributed by atoms with E-state index < -0.39 is 0 Å². The molecule has 0 aliphatic carbocycles. The minimum Gasteiger partial charge on any atom is -0.359 e. The molecule has 82 valence electrons. The number of benzene rings is 1. The van der Waals surface area contributed by atoms with Crippen molar-refractivity contribution in [3.05, 3.63) is 54.0 Å². The van der Waals surface area contributed by atoms with Gasteiger partial charge in [0.05, 0.1) is 24.4 Å². The van der Waals surface area contributed by atoms with Crippen LogP contribution in [0, 0.1) is 11.3 Å². The van der Waals surface area contributed by atoms with Gasteiger partial charge in [0, 0.05) is 17.8 Å². The van der Waals surface area contributed by atoms with Crippen molar-refractivity contribution in [1.82, 2.24) is 9.72 Å². The number of aromatic nitrogens is 2. The molecule has 0 aliphatic heterocycles. The summed E-state index contributed by atoms with van der Waals surface area (Å²) in [5.41, 5.74) is 1.69. The van der Waals surface area contributed by atoms with Crippen molar-refractivity contribution in [1.29, 1.82) is 5.26 Å². The monoisotopic (exact) mass is 223 g/mol. The van der Waals surface area contributed by atoms with Crippen molar-refractivity contribution in [3.8, 4) is 6.07 Å². The lowest BCUT2D eigenvalue weighted by atomic mass is 10.2. The summed E-state index contributed by atoms with van der Waals surface area (Å²) in [5.74, 6) is 0.796. The molecule has 0 bridgehead atoms. The second-order valence-corrected chi connectivity index (χ2v) is 3.81. The van der Waals surface area contributed by atoms with Crippen molar-refractivity contribution in [2.45, 2.75) is 6.54 Å². The van der Waals surface area contributed by atoms with Crippen LogP contribution in [0.15, 0.2) is 47.2 Å². The maximum Gasteiger partial charge on any atom is 0.156 e. The highest BCUT2D eigenvalue weighted by Gasteiger charge is 2.04. The summed E-state index contributed by atoms with van der Waals surface area (Å²) in [6.45, 7) is 0.623. The van der Waals surface area contributed by atoms with E-state index in [-0.39, 0.29) is 0 Å². The Kier molecular flexibility index (Phi) is 2.16. The average Bonchev–Trinajstić information content (AvgIpc) is 2.99. The molecule has 0 saturated heterocycles. The largest absolute Gasteiger partial charge is 0.359 e. The van der Waals surface area contributed by atoms with Crippen molar-refractivity contribution in [3.63, 3.8) is 0 Å². The van der Waals surface area contributed by atoms with E-state index in [0.717, 1.165) is 16.7 Å². The van der Waals surface area contributed by atoms with Crippen molar-refractivity contribution in [2.75, 3.05) is 0 Å². The summed E-state index contributed by atoms with van der Waals surface area (Å²) in [4.78, 5) is 0. The van der Waals surface area contributed by atoms with Gasteiger partial charge >= 0.3 is 0 Å². The Morgan fingerprint density at radius 2 is 2.24 bits per heavy atom. The number of nitriles is 1. The predicted molar refractivity (Wildman–Crippen MR) is 62.3 cm³/mol. The third-order valence-electron chi connectivity index (χ3n) is 2.72. The van der Waals surface area contributed by atoms with Gasteiger partial charge in [-0.2, -0.15) is 5.26 Å². The number of fused-ring (bicyclic) bond motifs is 1. The highest BCUT2D eigenvalue weighted by atomic mass is 16.5. The van der Waals surface area contributed by atoms with E-state index in [2.05, 4.69) is 11.2 Å². The molecule has 0 aliphatic rings. The topological polar surface area (TPSA) is 54.8 Å². The molecule has 0 atom stereocenters. The van der Waals surface area contributed by atoms with Crippen LogP contribution in [-0.2, 0) is 6.54 Å². The molecule has 1 aromatic carbocycles. The Balaban J connectivity index is 2.08. The maximum atomic E-state index is 8.89. The van der Waals surface area contributed by atoms with Crippen molar-refractivity contribution in [2.24, 2.45) is 0 Å². The standard InChI is InChI=1S/C13H9N3O/c14-8-10-1-2-11-4-6-16(13(11)7-10)9-12-3-5-15-17-12/h1-7H,9H2. The summed E-state index contributed by atoms with van der Waals surface area (Å²) in [6.07, 6.45) is 3.61. The quantitative estimate of drug-likeness (QED) is 0.670. The first-order valence-corrected chi connectivity index (χ1v) is 5.25. The number of hydrogen-bond donors (Lipinski definition) is 0. The summed E-state index contributed by atoms with van der Waals surface area (Å²) in [5, 5.41) is 13.7. The van der Waals surface area contributed by atoms with Gasteiger partial charge in [0.2, 0.25) is 0 Å². The maximum absolute atomic E-state index is 8.89. The second-order valence-electron chi connectivity index (χ2n) is 3.81. The molecule has 0 spiro atoms. The zero-order valence-corrected chi connectivity index (χ0v) is 9.00. The van der Waals surface area contributed by atoms with Crippen LogP contribution in [-0.4, -0.2) is 9.72 Å². The fraction of sp³-hybridized carbons (Fsp3) is 0.0769. The van der Waals surface area contributed by atoms with Crippen LogP contribution in [0.4, 0.5) is 0 Å². The molecule has 0 fully saturated rings. The summed E-state index contributed by atoms with van der Waals surface area (Å²) >= 11 is 0. The van der Waals surface area contributed by atoms with Gasteiger partial charge in [-0.15, -0.1) is 0 Å². The Morgan fingerprint density at radius 1 is 1.29 bits per heavy atom. The lowest BCUT2D eigenvalue weighted by molar-refractivity contribution is 0.378. The SMILES string of the molecule is N#Cc1ccc2ccn(Cc3ccno3)c2c1. The lowest BCUT2D eigenvalue weighted by Gasteiger charge is -2.02. The first kappa shape index (κ1) is 9.67. The second kappa shape index (κ2) is 3.80. The molecule has 4 nitrogen and oxygen atoms in total. The molecule has 3 aromatic rings. The van der Waals surface area contributed by atoms with E-state index in [1.165, 1.54) is 0 Å². The van der Waals surface area contributed by atoms with Crippen LogP contribution in [0.3, 0.4) is 0 Å². The molecule has 0 radical (unpaired) electrons. The molecule has 0 amide bonds. The van der Waals surface area contributed by atoms with Crippen LogP contribution < -0.4 is 0 Å². The number of rotatable bonds is 2. The minimum atomic E-state index is 0.623. The van der Waals surface area contributed by atoms with Gasteiger partial charge in [-0.3, -0.25) is 0 Å². The van der Waals surface area contributed by atoms with E-state index in [0.29, 0.717) is 12.1 Å². The lowest BCUT2D eigenvalue weighted by Crippen LogP contribution is -1.96. The molecule has 2 aromatic heterocycles. The first-order valence-electron chi connectivity index (χ1n) is 5.25. The van der Waals surface area contributed by atoms with Crippen molar-refractivity contribution < 1.29 is 4.52 Å². The van der Waals surface area contributed by atoms with E-state index in [4.69, 9.17) is 9.78 Å². The van der Waals surface area contributed by atoms with Gasteiger partial charge < -0.3 is 9.09 Å². The van der Waals surface area contributed by atoms with Crippen LogP contribution in [0.1, 0.15) is 11.3 Å². The fourth-order valence-electron chi connectivity index (χ4n) is 1.88. The van der Waals surface area contributed by atoms with Gasteiger partial charge in [0.1, 0.15) is 0 Å². The zero-order chi connectivity index (χ0) is 11.7. The Labute approximate surface area is 97.7 Å². The molecule has 0 saturated carbocycles. The van der Waals surface area contributed by atoms with Crippen LogP contribution in [0.2, 0.25) is 0 Å². The third kappa shape index (κ3) is 1.68. The molecule has 2 heterocycles. The van der Waals surface area contributed by atoms with Gasteiger partial charge in [-0.25, -0.2) is 0 Å². The molecule has 17 heavy (non-hydrogen) atoms. The molecular formula is C13H9N3O. The smallest absolute Gasteiger partial charge is 0.156 e. The number of nitrogens with zero attached hydrogens (tertiary/aromatic N) is 3.